The molecule has 1 aromatic rings. The molecule has 1 aromatic carbocycles. The smallest absolute Gasteiger partial charge is 0.327 e. The monoisotopic (exact) mass is 305 g/mol. The normalized spacial score (nSPS) is 22.1. The molecule has 0 saturated carbocycles. The number of anilines is 1. The van der Waals surface area contributed by atoms with Crippen molar-refractivity contribution in [1.82, 2.24) is 0 Å². The van der Waals surface area contributed by atoms with Crippen molar-refractivity contribution >= 4 is 29.3 Å². The number of benzene rings is 1. The Morgan fingerprint density at radius 2 is 1.95 bits per heavy atom. The lowest BCUT2D eigenvalue weighted by molar-refractivity contribution is -0.140. The van der Waals surface area contributed by atoms with E-state index in [1.165, 1.54) is 4.90 Å². The fraction of sp³-hybridized carbons (Fsp3) is 0.500. The van der Waals surface area contributed by atoms with Crippen molar-refractivity contribution in [2.75, 3.05) is 16.4 Å². The molecule has 0 aromatic heterocycles. The van der Waals surface area contributed by atoms with Gasteiger partial charge in [0, 0.05) is 18.5 Å². The van der Waals surface area contributed by atoms with Crippen LogP contribution in [-0.4, -0.2) is 34.5 Å². The molecule has 3 rings (SSSR count). The third-order valence-corrected chi connectivity index (χ3v) is 5.38. The quantitative estimate of drug-likeness (QED) is 0.932. The number of rotatable bonds is 3. The molecule has 5 heteroatoms. The lowest BCUT2D eigenvalue weighted by Crippen LogP contribution is -2.43. The summed E-state index contributed by atoms with van der Waals surface area (Å²) in [5.74, 6) is 1.66. The molecule has 2 heterocycles. The van der Waals surface area contributed by atoms with Gasteiger partial charge in [-0.15, -0.1) is 0 Å². The molecular weight excluding hydrogens is 286 g/mol. The van der Waals surface area contributed by atoms with Gasteiger partial charge in [0.25, 0.3) is 0 Å². The van der Waals surface area contributed by atoms with Gasteiger partial charge in [0.2, 0.25) is 5.91 Å². The maximum absolute atomic E-state index is 12.6. The molecule has 21 heavy (non-hydrogen) atoms. The van der Waals surface area contributed by atoms with E-state index in [-0.39, 0.29) is 5.91 Å². The van der Waals surface area contributed by atoms with Gasteiger partial charge >= 0.3 is 5.97 Å². The molecule has 1 amide bonds. The van der Waals surface area contributed by atoms with Crippen molar-refractivity contribution < 1.29 is 14.7 Å². The molecule has 1 N–H and O–H groups in total. The molecule has 0 radical (unpaired) electrons. The van der Waals surface area contributed by atoms with Crippen LogP contribution in [0.25, 0.3) is 0 Å². The Hall–Kier alpha value is -1.49. The fourth-order valence-electron chi connectivity index (χ4n) is 3.19. The summed E-state index contributed by atoms with van der Waals surface area (Å²) in [5.41, 5.74) is 1.73. The van der Waals surface area contributed by atoms with E-state index in [9.17, 15) is 14.7 Å². The number of para-hydroxylation sites is 1. The van der Waals surface area contributed by atoms with Crippen molar-refractivity contribution in [1.29, 1.82) is 0 Å². The summed E-state index contributed by atoms with van der Waals surface area (Å²) in [6.45, 7) is 0. The average molecular weight is 305 g/mol. The van der Waals surface area contributed by atoms with Gasteiger partial charge in [0.1, 0.15) is 6.04 Å². The summed E-state index contributed by atoms with van der Waals surface area (Å²) >= 11 is 1.93. The summed E-state index contributed by atoms with van der Waals surface area (Å²) in [7, 11) is 0. The highest BCUT2D eigenvalue weighted by atomic mass is 32.2. The summed E-state index contributed by atoms with van der Waals surface area (Å²) in [6.07, 6.45) is 3.00. The Bertz CT molecular complexity index is 554. The third kappa shape index (κ3) is 2.93. The van der Waals surface area contributed by atoms with Crippen LogP contribution in [0.4, 0.5) is 5.69 Å². The Kier molecular flexibility index (Phi) is 4.19. The Balaban J connectivity index is 1.80. The number of carboxylic acid groups (broad SMARTS) is 1. The average Bonchev–Trinajstić information content (AvgIpc) is 2.88. The van der Waals surface area contributed by atoms with E-state index < -0.39 is 12.0 Å². The van der Waals surface area contributed by atoms with E-state index >= 15 is 0 Å². The molecule has 0 aliphatic carbocycles. The van der Waals surface area contributed by atoms with Crippen LogP contribution in [0, 0.1) is 5.92 Å². The van der Waals surface area contributed by atoms with E-state index in [4.69, 9.17) is 0 Å². The number of hydrogen-bond acceptors (Lipinski definition) is 3. The zero-order chi connectivity index (χ0) is 14.8. The van der Waals surface area contributed by atoms with Crippen LogP contribution in [-0.2, 0) is 16.0 Å². The second-order valence-corrected chi connectivity index (χ2v) is 6.94. The van der Waals surface area contributed by atoms with Gasteiger partial charge < -0.3 is 5.11 Å². The van der Waals surface area contributed by atoms with Crippen LogP contribution < -0.4 is 4.90 Å². The number of nitrogens with zero attached hydrogens (tertiary/aromatic N) is 1. The number of carbonyl (C=O) groups excluding carboxylic acids is 1. The van der Waals surface area contributed by atoms with Crippen molar-refractivity contribution in [2.24, 2.45) is 5.92 Å². The topological polar surface area (TPSA) is 57.6 Å². The van der Waals surface area contributed by atoms with Gasteiger partial charge in [-0.25, -0.2) is 4.79 Å². The molecule has 1 fully saturated rings. The van der Waals surface area contributed by atoms with E-state index in [1.54, 1.807) is 0 Å². The van der Waals surface area contributed by atoms with E-state index in [2.05, 4.69) is 0 Å². The maximum atomic E-state index is 12.6. The predicted molar refractivity (Wildman–Crippen MR) is 83.7 cm³/mol. The summed E-state index contributed by atoms with van der Waals surface area (Å²) in [4.78, 5) is 25.6. The van der Waals surface area contributed by atoms with Gasteiger partial charge in [-0.05, 0) is 41.9 Å². The zero-order valence-corrected chi connectivity index (χ0v) is 12.6. The minimum atomic E-state index is -0.918. The number of carboxylic acids is 1. The van der Waals surface area contributed by atoms with E-state index in [0.717, 1.165) is 35.6 Å². The molecule has 0 unspecified atom stereocenters. The van der Waals surface area contributed by atoms with Crippen LogP contribution in [0.2, 0.25) is 0 Å². The maximum Gasteiger partial charge on any atom is 0.327 e. The van der Waals surface area contributed by atoms with Gasteiger partial charge in [-0.1, -0.05) is 18.2 Å². The Morgan fingerprint density at radius 3 is 2.67 bits per heavy atom. The molecule has 0 bridgehead atoms. The van der Waals surface area contributed by atoms with Crippen LogP contribution in [0.5, 0.6) is 0 Å². The highest BCUT2D eigenvalue weighted by Gasteiger charge is 2.38. The Morgan fingerprint density at radius 1 is 1.24 bits per heavy atom. The van der Waals surface area contributed by atoms with Crippen molar-refractivity contribution in [3.63, 3.8) is 0 Å². The summed E-state index contributed by atoms with van der Waals surface area (Å²) < 4.78 is 0. The summed E-state index contributed by atoms with van der Waals surface area (Å²) in [5, 5.41) is 9.41. The predicted octanol–water partition coefficient (Wildman–Crippen LogP) is 2.56. The van der Waals surface area contributed by atoms with Crippen molar-refractivity contribution in [2.45, 2.75) is 31.7 Å². The van der Waals surface area contributed by atoms with Crippen LogP contribution in [0.15, 0.2) is 24.3 Å². The molecule has 4 nitrogen and oxygen atoms in total. The number of aliphatic carboxylic acids is 1. The van der Waals surface area contributed by atoms with Gasteiger partial charge in [-0.2, -0.15) is 11.8 Å². The third-order valence-electron chi connectivity index (χ3n) is 4.33. The first-order valence-corrected chi connectivity index (χ1v) is 8.53. The molecule has 2 aliphatic rings. The SMILES string of the molecule is O=C(O)[C@@H]1Cc2ccccc2N1C(=O)CC1CCSCC1. The zero-order valence-electron chi connectivity index (χ0n) is 11.8. The second-order valence-electron chi connectivity index (χ2n) is 5.71. The first-order valence-electron chi connectivity index (χ1n) is 7.37. The number of fused-ring (bicyclic) bond motifs is 1. The first kappa shape index (κ1) is 14.4. The van der Waals surface area contributed by atoms with E-state index in [1.807, 2.05) is 36.0 Å². The molecule has 0 spiro atoms. The molecule has 1 saturated heterocycles. The van der Waals surface area contributed by atoms with E-state index in [0.29, 0.717) is 18.8 Å². The largest absolute Gasteiger partial charge is 0.480 e. The molecular formula is C16H19NO3S. The fourth-order valence-corrected chi connectivity index (χ4v) is 4.39. The lowest BCUT2D eigenvalue weighted by Gasteiger charge is -2.26. The number of hydrogen-bond donors (Lipinski definition) is 1. The minimum Gasteiger partial charge on any atom is -0.480 e. The Labute approximate surface area is 128 Å². The number of amides is 1. The highest BCUT2D eigenvalue weighted by molar-refractivity contribution is 7.99. The van der Waals surface area contributed by atoms with Crippen molar-refractivity contribution in [3.05, 3.63) is 29.8 Å². The minimum absolute atomic E-state index is 0.0377. The van der Waals surface area contributed by atoms with Crippen LogP contribution in [0.3, 0.4) is 0 Å². The van der Waals surface area contributed by atoms with Gasteiger partial charge in [0.15, 0.2) is 0 Å². The number of carbonyl (C=O) groups is 2. The first-order chi connectivity index (χ1) is 10.2. The van der Waals surface area contributed by atoms with Crippen LogP contribution >= 0.6 is 11.8 Å². The standard InChI is InChI=1S/C16H19NO3S/c18-15(9-11-5-7-21-8-6-11)17-13-4-2-1-3-12(13)10-14(17)16(19)20/h1-4,11,14H,5-10H2,(H,19,20)/t14-/m0/s1. The number of thioether (sulfide) groups is 1. The lowest BCUT2D eigenvalue weighted by atomic mass is 9.98. The van der Waals surface area contributed by atoms with Gasteiger partial charge in [0.05, 0.1) is 0 Å². The summed E-state index contributed by atoms with van der Waals surface area (Å²) in [6, 6.07) is 6.78. The molecule has 2 aliphatic heterocycles. The van der Waals surface area contributed by atoms with Gasteiger partial charge in [-0.3, -0.25) is 9.69 Å². The van der Waals surface area contributed by atoms with Crippen LogP contribution in [0.1, 0.15) is 24.8 Å². The second kappa shape index (κ2) is 6.10. The highest BCUT2D eigenvalue weighted by Crippen LogP contribution is 2.34. The molecule has 1 atom stereocenters. The van der Waals surface area contributed by atoms with Crippen molar-refractivity contribution in [3.8, 4) is 0 Å². The molecule has 112 valence electrons.